The fourth-order valence-electron chi connectivity index (χ4n) is 2.38. The molecule has 0 aliphatic rings. The molecule has 0 amide bonds. The van der Waals surface area contributed by atoms with E-state index in [1.165, 1.54) is 0 Å². The van der Waals surface area contributed by atoms with Crippen LogP contribution < -0.4 is 4.74 Å². The van der Waals surface area contributed by atoms with Gasteiger partial charge in [0.1, 0.15) is 12.4 Å². The second kappa shape index (κ2) is 8.39. The van der Waals surface area contributed by atoms with Crippen LogP contribution in [-0.2, 0) is 12.2 Å². The molecule has 1 heterocycles. The van der Waals surface area contributed by atoms with Crippen LogP contribution in [0.15, 0.2) is 42.6 Å². The SMILES string of the molecule is CC.CC(C)(O)c1cnc2cc(OCc3cc(F)c(F)c(F)c3)ccc2c1. The third-order valence-corrected chi connectivity index (χ3v) is 3.81. The average molecular weight is 377 g/mol. The number of fused-ring (bicyclic) bond motifs is 1. The summed E-state index contributed by atoms with van der Waals surface area (Å²) in [6.07, 6.45) is 1.58. The summed E-state index contributed by atoms with van der Waals surface area (Å²) in [7, 11) is 0. The molecule has 0 spiro atoms. The molecular weight excluding hydrogens is 355 g/mol. The first-order chi connectivity index (χ1) is 12.7. The lowest BCUT2D eigenvalue weighted by molar-refractivity contribution is 0.0784. The zero-order valence-electron chi connectivity index (χ0n) is 15.7. The van der Waals surface area contributed by atoms with E-state index < -0.39 is 23.1 Å². The van der Waals surface area contributed by atoms with Gasteiger partial charge in [0, 0.05) is 23.2 Å². The molecule has 27 heavy (non-hydrogen) atoms. The van der Waals surface area contributed by atoms with Gasteiger partial charge in [-0.15, -0.1) is 0 Å². The van der Waals surface area contributed by atoms with Gasteiger partial charge in [0.25, 0.3) is 0 Å². The number of aromatic nitrogens is 1. The number of pyridine rings is 1. The highest BCUT2D eigenvalue weighted by Crippen LogP contribution is 2.25. The highest BCUT2D eigenvalue weighted by molar-refractivity contribution is 5.80. The van der Waals surface area contributed by atoms with Gasteiger partial charge in [0.05, 0.1) is 11.1 Å². The lowest BCUT2D eigenvalue weighted by atomic mass is 9.99. The number of hydrogen-bond acceptors (Lipinski definition) is 3. The van der Waals surface area contributed by atoms with E-state index in [2.05, 4.69) is 4.98 Å². The van der Waals surface area contributed by atoms with Gasteiger partial charge in [-0.25, -0.2) is 13.2 Å². The average Bonchev–Trinajstić information content (AvgIpc) is 2.64. The number of benzene rings is 2. The summed E-state index contributed by atoms with van der Waals surface area (Å²) in [6.45, 7) is 7.24. The molecule has 6 heteroatoms. The van der Waals surface area contributed by atoms with Gasteiger partial charge in [0.2, 0.25) is 0 Å². The third-order valence-electron chi connectivity index (χ3n) is 3.81. The second-order valence-corrected chi connectivity index (χ2v) is 6.30. The molecule has 0 saturated heterocycles. The minimum Gasteiger partial charge on any atom is -0.489 e. The highest BCUT2D eigenvalue weighted by atomic mass is 19.2. The van der Waals surface area contributed by atoms with Gasteiger partial charge >= 0.3 is 0 Å². The molecule has 0 unspecified atom stereocenters. The Kier molecular flexibility index (Phi) is 6.44. The van der Waals surface area contributed by atoms with E-state index in [0.29, 0.717) is 16.8 Å². The summed E-state index contributed by atoms with van der Waals surface area (Å²) < 4.78 is 44.9. The fraction of sp³-hybridized carbons (Fsp3) is 0.286. The van der Waals surface area contributed by atoms with Crippen LogP contribution >= 0.6 is 0 Å². The maximum atomic E-state index is 13.2. The molecular formula is C21H22F3NO2. The Labute approximate surface area is 156 Å². The molecule has 1 aromatic heterocycles. The van der Waals surface area contributed by atoms with E-state index in [4.69, 9.17) is 4.74 Å². The van der Waals surface area contributed by atoms with Gasteiger partial charge in [-0.05, 0) is 49.7 Å². The molecule has 0 radical (unpaired) electrons. The normalized spacial score (nSPS) is 11.1. The Morgan fingerprint density at radius 3 is 2.22 bits per heavy atom. The molecule has 144 valence electrons. The van der Waals surface area contributed by atoms with Crippen molar-refractivity contribution in [2.24, 2.45) is 0 Å². The predicted octanol–water partition coefficient (Wildman–Crippen LogP) is 5.48. The molecule has 0 aliphatic heterocycles. The smallest absolute Gasteiger partial charge is 0.194 e. The number of hydrogen-bond donors (Lipinski definition) is 1. The van der Waals surface area contributed by atoms with E-state index >= 15 is 0 Å². The maximum Gasteiger partial charge on any atom is 0.194 e. The lowest BCUT2D eigenvalue weighted by Crippen LogP contribution is -2.15. The Hall–Kier alpha value is -2.60. The third kappa shape index (κ3) is 4.98. The summed E-state index contributed by atoms with van der Waals surface area (Å²) in [4.78, 5) is 4.29. The number of nitrogens with zero attached hydrogens (tertiary/aromatic N) is 1. The Bertz CT molecular complexity index is 913. The highest BCUT2D eigenvalue weighted by Gasteiger charge is 2.17. The van der Waals surface area contributed by atoms with Crippen LogP contribution in [0.25, 0.3) is 10.9 Å². The molecule has 0 atom stereocenters. The van der Waals surface area contributed by atoms with Crippen molar-refractivity contribution in [3.05, 3.63) is 71.2 Å². The Morgan fingerprint density at radius 2 is 1.63 bits per heavy atom. The van der Waals surface area contributed by atoms with Gasteiger partial charge in [-0.1, -0.05) is 13.8 Å². The summed E-state index contributed by atoms with van der Waals surface area (Å²) in [5.41, 5.74) is 0.530. The van der Waals surface area contributed by atoms with Crippen LogP contribution in [0.2, 0.25) is 0 Å². The quantitative estimate of drug-likeness (QED) is 0.612. The summed E-state index contributed by atoms with van der Waals surface area (Å²) in [5.74, 6) is -3.54. The van der Waals surface area contributed by atoms with Gasteiger partial charge in [-0.3, -0.25) is 4.98 Å². The number of rotatable bonds is 4. The second-order valence-electron chi connectivity index (χ2n) is 6.30. The number of halogens is 3. The summed E-state index contributed by atoms with van der Waals surface area (Å²) >= 11 is 0. The van der Waals surface area contributed by atoms with E-state index in [-0.39, 0.29) is 12.2 Å². The standard InChI is InChI=1S/C19H16F3NO2.C2H6/c1-19(2,24)13-7-12-3-4-14(8-17(12)23-9-13)25-10-11-5-15(20)18(22)16(21)6-11;1-2/h3-9,24H,10H2,1-2H3;1-2H3. The summed E-state index contributed by atoms with van der Waals surface area (Å²) in [6, 6.07) is 8.77. The number of ether oxygens (including phenoxy) is 1. The van der Waals surface area contributed by atoms with Crippen molar-refractivity contribution < 1.29 is 23.0 Å². The first-order valence-electron chi connectivity index (χ1n) is 8.63. The van der Waals surface area contributed by atoms with E-state index in [9.17, 15) is 18.3 Å². The first-order valence-corrected chi connectivity index (χ1v) is 8.63. The largest absolute Gasteiger partial charge is 0.489 e. The molecule has 3 rings (SSSR count). The van der Waals surface area contributed by atoms with Crippen molar-refractivity contribution in [3.63, 3.8) is 0 Å². The monoisotopic (exact) mass is 377 g/mol. The van der Waals surface area contributed by atoms with Crippen LogP contribution in [0.1, 0.15) is 38.8 Å². The van der Waals surface area contributed by atoms with Crippen molar-refractivity contribution in [3.8, 4) is 5.75 Å². The van der Waals surface area contributed by atoms with Crippen molar-refractivity contribution in [1.82, 2.24) is 4.98 Å². The van der Waals surface area contributed by atoms with Crippen LogP contribution in [0.3, 0.4) is 0 Å². The van der Waals surface area contributed by atoms with E-state index in [1.807, 2.05) is 19.9 Å². The van der Waals surface area contributed by atoms with Crippen LogP contribution in [0.4, 0.5) is 13.2 Å². The Morgan fingerprint density at radius 1 is 1.00 bits per heavy atom. The molecule has 1 N–H and O–H groups in total. The zero-order chi connectivity index (χ0) is 20.2. The topological polar surface area (TPSA) is 42.4 Å². The summed E-state index contributed by atoms with van der Waals surface area (Å²) in [5, 5.41) is 10.8. The molecule has 0 bridgehead atoms. The molecule has 0 aliphatic carbocycles. The van der Waals surface area contributed by atoms with Crippen LogP contribution in [0, 0.1) is 17.5 Å². The molecule has 3 aromatic rings. The van der Waals surface area contributed by atoms with Crippen molar-refractivity contribution >= 4 is 10.9 Å². The molecule has 0 fully saturated rings. The zero-order valence-corrected chi connectivity index (χ0v) is 15.7. The van der Waals surface area contributed by atoms with Crippen molar-refractivity contribution in [2.45, 2.75) is 39.9 Å². The molecule has 2 aromatic carbocycles. The predicted molar refractivity (Wildman–Crippen MR) is 99.0 cm³/mol. The lowest BCUT2D eigenvalue weighted by Gasteiger charge is -2.17. The van der Waals surface area contributed by atoms with Gasteiger partial charge < -0.3 is 9.84 Å². The number of aliphatic hydroxyl groups is 1. The van der Waals surface area contributed by atoms with Crippen molar-refractivity contribution in [1.29, 1.82) is 0 Å². The van der Waals surface area contributed by atoms with Crippen LogP contribution in [-0.4, -0.2) is 10.1 Å². The van der Waals surface area contributed by atoms with E-state index in [0.717, 1.165) is 17.5 Å². The van der Waals surface area contributed by atoms with Gasteiger partial charge in [-0.2, -0.15) is 0 Å². The minimum atomic E-state index is -1.50. The van der Waals surface area contributed by atoms with Gasteiger partial charge in [0.15, 0.2) is 17.5 Å². The maximum absolute atomic E-state index is 13.2. The molecule has 3 nitrogen and oxygen atoms in total. The Balaban J connectivity index is 0.00000126. The van der Waals surface area contributed by atoms with Crippen LogP contribution in [0.5, 0.6) is 5.75 Å². The van der Waals surface area contributed by atoms with Crippen molar-refractivity contribution in [2.75, 3.05) is 0 Å². The van der Waals surface area contributed by atoms with E-state index in [1.54, 1.807) is 38.2 Å². The minimum absolute atomic E-state index is 0.110. The fourth-order valence-corrected chi connectivity index (χ4v) is 2.38. The molecule has 0 saturated carbocycles. The first kappa shape index (κ1) is 20.7.